The smallest absolute Gasteiger partial charge is 0.182 e. The van der Waals surface area contributed by atoms with E-state index >= 15 is 0 Å². The van der Waals surface area contributed by atoms with E-state index in [1.54, 1.807) is 7.05 Å². The highest BCUT2D eigenvalue weighted by molar-refractivity contribution is 5.86. The quantitative estimate of drug-likeness (QED) is 0.801. The van der Waals surface area contributed by atoms with E-state index in [0.717, 1.165) is 19.3 Å². The van der Waals surface area contributed by atoms with Crippen molar-refractivity contribution >= 4 is 5.78 Å². The number of ketones is 1. The van der Waals surface area contributed by atoms with Crippen molar-refractivity contribution in [1.82, 2.24) is 20.2 Å². The molecule has 0 spiro atoms. The molecule has 1 aliphatic carbocycles. The zero-order valence-corrected chi connectivity index (χ0v) is 11.5. The summed E-state index contributed by atoms with van der Waals surface area (Å²) in [6.07, 6.45) is 5.74. The Kier molecular flexibility index (Phi) is 3.78. The van der Waals surface area contributed by atoms with Gasteiger partial charge in [0.05, 0.1) is 13.5 Å². The maximum Gasteiger partial charge on any atom is 0.182 e. The van der Waals surface area contributed by atoms with Crippen LogP contribution in [0.3, 0.4) is 0 Å². The average Bonchev–Trinajstić information content (AvgIpc) is 2.88. The Morgan fingerprint density at radius 3 is 2.56 bits per heavy atom. The van der Waals surface area contributed by atoms with Crippen LogP contribution in [0.5, 0.6) is 0 Å². The second kappa shape index (κ2) is 5.16. The summed E-state index contributed by atoms with van der Waals surface area (Å²) in [5, 5.41) is 11.8. The summed E-state index contributed by atoms with van der Waals surface area (Å²) < 4.78 is 0. The van der Waals surface area contributed by atoms with Crippen LogP contribution < -0.4 is 0 Å². The van der Waals surface area contributed by atoms with Gasteiger partial charge in [-0.15, -0.1) is 10.2 Å². The third kappa shape index (κ3) is 2.76. The van der Waals surface area contributed by atoms with Crippen LogP contribution in [0.1, 0.15) is 51.8 Å². The summed E-state index contributed by atoms with van der Waals surface area (Å²) in [5.41, 5.74) is -0.118. The van der Waals surface area contributed by atoms with Crippen molar-refractivity contribution in [3.63, 3.8) is 0 Å². The summed E-state index contributed by atoms with van der Waals surface area (Å²) in [4.78, 5) is 14.0. The number of aryl methyl sites for hydroxylation is 1. The molecule has 5 heteroatoms. The van der Waals surface area contributed by atoms with E-state index < -0.39 is 0 Å². The summed E-state index contributed by atoms with van der Waals surface area (Å²) >= 11 is 0. The molecule has 0 amide bonds. The van der Waals surface area contributed by atoms with Crippen molar-refractivity contribution in [1.29, 1.82) is 0 Å². The minimum atomic E-state index is -0.118. The fourth-order valence-corrected chi connectivity index (χ4v) is 3.16. The predicted octanol–water partition coefficient (Wildman–Crippen LogP) is 1.93. The molecular formula is C13H22N4O. The summed E-state index contributed by atoms with van der Waals surface area (Å²) in [7, 11) is 1.72. The largest absolute Gasteiger partial charge is 0.299 e. The van der Waals surface area contributed by atoms with Crippen LogP contribution in [0.25, 0.3) is 0 Å². The minimum Gasteiger partial charge on any atom is -0.299 e. The molecule has 0 unspecified atom stereocenters. The van der Waals surface area contributed by atoms with E-state index in [-0.39, 0.29) is 5.41 Å². The molecule has 1 heterocycles. The first-order valence-electron chi connectivity index (χ1n) is 6.78. The van der Waals surface area contributed by atoms with Gasteiger partial charge in [-0.2, -0.15) is 4.80 Å². The van der Waals surface area contributed by atoms with Crippen molar-refractivity contribution in [2.45, 2.75) is 52.4 Å². The van der Waals surface area contributed by atoms with Gasteiger partial charge in [0.15, 0.2) is 5.82 Å². The van der Waals surface area contributed by atoms with E-state index in [2.05, 4.69) is 29.3 Å². The molecule has 0 aliphatic heterocycles. The number of carbonyl (C=O) groups is 1. The van der Waals surface area contributed by atoms with Crippen molar-refractivity contribution in [3.8, 4) is 0 Å². The topological polar surface area (TPSA) is 60.7 Å². The van der Waals surface area contributed by atoms with E-state index in [9.17, 15) is 4.79 Å². The van der Waals surface area contributed by atoms with Crippen molar-refractivity contribution in [2.75, 3.05) is 0 Å². The van der Waals surface area contributed by atoms with Crippen LogP contribution >= 0.6 is 0 Å². The Balaban J connectivity index is 2.09. The summed E-state index contributed by atoms with van der Waals surface area (Å²) in [6.45, 7) is 4.38. The van der Waals surface area contributed by atoms with Gasteiger partial charge >= 0.3 is 0 Å². The van der Waals surface area contributed by atoms with Crippen molar-refractivity contribution in [3.05, 3.63) is 5.82 Å². The van der Waals surface area contributed by atoms with Crippen LogP contribution in [0.4, 0.5) is 0 Å². The number of tetrazole rings is 1. The molecule has 0 N–H and O–H groups in total. The number of aromatic nitrogens is 4. The molecule has 0 saturated heterocycles. The molecule has 5 nitrogen and oxygen atoms in total. The molecule has 0 radical (unpaired) electrons. The van der Waals surface area contributed by atoms with Gasteiger partial charge in [0, 0.05) is 5.41 Å². The Labute approximate surface area is 108 Å². The number of Topliss-reactive ketones (excluding diaryl/α,β-unsaturated/α-hetero) is 1. The molecule has 0 bridgehead atoms. The molecule has 1 aromatic rings. The van der Waals surface area contributed by atoms with E-state index in [4.69, 9.17) is 0 Å². The summed E-state index contributed by atoms with van der Waals surface area (Å²) in [5.74, 6) is 1.42. The van der Waals surface area contributed by atoms with Gasteiger partial charge in [-0.1, -0.05) is 26.7 Å². The highest BCUT2D eigenvalue weighted by Crippen LogP contribution is 2.44. The second-order valence-electron chi connectivity index (χ2n) is 5.88. The molecule has 0 aromatic carbocycles. The molecule has 1 saturated carbocycles. The molecule has 0 atom stereocenters. The average molecular weight is 250 g/mol. The number of hydrogen-bond acceptors (Lipinski definition) is 4. The molecule has 2 rings (SSSR count). The Hall–Kier alpha value is -1.26. The number of nitrogens with zero attached hydrogens (tertiary/aromatic N) is 4. The van der Waals surface area contributed by atoms with Crippen LogP contribution in [0, 0.1) is 11.3 Å². The fraction of sp³-hybridized carbons (Fsp3) is 0.846. The Morgan fingerprint density at radius 2 is 2.06 bits per heavy atom. The zero-order chi connectivity index (χ0) is 13.2. The molecule has 1 fully saturated rings. The third-order valence-electron chi connectivity index (χ3n) is 3.82. The number of rotatable bonds is 5. The first-order chi connectivity index (χ1) is 8.52. The van der Waals surface area contributed by atoms with Crippen molar-refractivity contribution in [2.24, 2.45) is 18.4 Å². The SMILES string of the molecule is CC(C)CC1(C(=O)Cc2nnn(C)n2)CCCC1. The minimum absolute atomic E-state index is 0.118. The summed E-state index contributed by atoms with van der Waals surface area (Å²) in [6, 6.07) is 0. The zero-order valence-electron chi connectivity index (χ0n) is 11.5. The first-order valence-corrected chi connectivity index (χ1v) is 6.78. The Morgan fingerprint density at radius 1 is 1.39 bits per heavy atom. The van der Waals surface area contributed by atoms with Gasteiger partial charge in [-0.05, 0) is 30.4 Å². The van der Waals surface area contributed by atoms with Gasteiger partial charge in [-0.3, -0.25) is 4.79 Å². The van der Waals surface area contributed by atoms with Gasteiger partial charge < -0.3 is 0 Å². The third-order valence-corrected chi connectivity index (χ3v) is 3.82. The maximum atomic E-state index is 12.6. The molecular weight excluding hydrogens is 228 g/mol. The van der Waals surface area contributed by atoms with Crippen molar-refractivity contribution < 1.29 is 4.79 Å². The molecule has 100 valence electrons. The lowest BCUT2D eigenvalue weighted by Crippen LogP contribution is -2.31. The predicted molar refractivity (Wildman–Crippen MR) is 67.9 cm³/mol. The van der Waals surface area contributed by atoms with Gasteiger partial charge in [-0.25, -0.2) is 0 Å². The fourth-order valence-electron chi connectivity index (χ4n) is 3.16. The monoisotopic (exact) mass is 250 g/mol. The highest BCUT2D eigenvalue weighted by atomic mass is 16.1. The van der Waals surface area contributed by atoms with Crippen LogP contribution in [0.15, 0.2) is 0 Å². The lowest BCUT2D eigenvalue weighted by molar-refractivity contribution is -0.128. The standard InChI is InChI=1S/C13H22N4O/c1-10(2)9-13(6-4-5-7-13)11(18)8-12-14-16-17(3)15-12/h10H,4-9H2,1-3H3. The van der Waals surface area contributed by atoms with Crippen LogP contribution in [-0.4, -0.2) is 26.0 Å². The first kappa shape index (κ1) is 13.2. The molecule has 1 aliphatic rings. The maximum absolute atomic E-state index is 12.6. The second-order valence-corrected chi connectivity index (χ2v) is 5.88. The normalized spacial score (nSPS) is 18.4. The van der Waals surface area contributed by atoms with Gasteiger partial charge in [0.1, 0.15) is 5.78 Å². The van der Waals surface area contributed by atoms with Crippen LogP contribution in [0.2, 0.25) is 0 Å². The van der Waals surface area contributed by atoms with Crippen LogP contribution in [-0.2, 0) is 18.3 Å². The highest BCUT2D eigenvalue weighted by Gasteiger charge is 2.41. The van der Waals surface area contributed by atoms with E-state index in [0.29, 0.717) is 23.9 Å². The van der Waals surface area contributed by atoms with E-state index in [1.165, 1.54) is 17.6 Å². The number of hydrogen-bond donors (Lipinski definition) is 0. The lowest BCUT2D eigenvalue weighted by atomic mass is 9.74. The van der Waals surface area contributed by atoms with E-state index in [1.807, 2.05) is 0 Å². The molecule has 1 aromatic heterocycles. The van der Waals surface area contributed by atoms with Gasteiger partial charge in [0.2, 0.25) is 0 Å². The number of carbonyl (C=O) groups excluding carboxylic acids is 1. The molecule has 18 heavy (non-hydrogen) atoms. The lowest BCUT2D eigenvalue weighted by Gasteiger charge is -2.28. The Bertz CT molecular complexity index is 418. The van der Waals surface area contributed by atoms with Gasteiger partial charge in [0.25, 0.3) is 0 Å².